The molecule has 0 saturated heterocycles. The van der Waals surface area contributed by atoms with Gasteiger partial charge in [0.25, 0.3) is 0 Å². The molecule has 3 unspecified atom stereocenters. The van der Waals surface area contributed by atoms with Crippen LogP contribution in [0.5, 0.6) is 0 Å². The van der Waals surface area contributed by atoms with E-state index in [0.29, 0.717) is 0 Å². The highest BCUT2D eigenvalue weighted by Crippen LogP contribution is 2.33. The first-order chi connectivity index (χ1) is 17.1. The lowest BCUT2D eigenvalue weighted by molar-refractivity contribution is -0.141. The summed E-state index contributed by atoms with van der Waals surface area (Å²) in [6, 6.07) is 9.63. The molecule has 1 heterocycles. The van der Waals surface area contributed by atoms with E-state index in [0.717, 1.165) is 17.7 Å². The highest BCUT2D eigenvalue weighted by atomic mass is 35.5. The molecule has 3 aromatic rings. The Balaban J connectivity index is 1.85. The molecule has 2 aromatic carbocycles. The molecule has 3 rings (SSSR count). The summed E-state index contributed by atoms with van der Waals surface area (Å²) in [5.41, 5.74) is 2.78. The van der Waals surface area contributed by atoms with Gasteiger partial charge < -0.3 is 9.87 Å². The number of hydrogen-bond donors (Lipinski definition) is 2. The van der Waals surface area contributed by atoms with Crippen molar-refractivity contribution in [2.24, 2.45) is 5.73 Å². The number of benzene rings is 2. The number of halogens is 5. The van der Waals surface area contributed by atoms with E-state index in [4.69, 9.17) is 17.3 Å². The summed E-state index contributed by atoms with van der Waals surface area (Å²) in [6.45, 7) is 3.56. The molecule has 37 heavy (non-hydrogen) atoms. The summed E-state index contributed by atoms with van der Waals surface area (Å²) in [6.07, 6.45) is -4.72. The summed E-state index contributed by atoms with van der Waals surface area (Å²) in [5.74, 6) is -2.43. The molecule has 0 bridgehead atoms. The predicted molar refractivity (Wildman–Crippen MR) is 127 cm³/mol. The fraction of sp³-hybridized carbons (Fsp3) is 0.304. The normalized spacial score (nSPS) is 15.2. The highest BCUT2D eigenvalue weighted by Gasteiger charge is 2.38. The van der Waals surface area contributed by atoms with Crippen molar-refractivity contribution in [3.05, 3.63) is 81.4 Å². The molecule has 0 aliphatic rings. The van der Waals surface area contributed by atoms with Crippen LogP contribution in [-0.2, 0) is 38.8 Å². The average molecular weight is 562 g/mol. The number of hydrogen-bond acceptors (Lipinski definition) is 6. The van der Waals surface area contributed by atoms with Crippen LogP contribution in [0.3, 0.4) is 0 Å². The first-order valence-electron chi connectivity index (χ1n) is 10.7. The van der Waals surface area contributed by atoms with Crippen LogP contribution in [0.2, 0.25) is 5.02 Å². The molecule has 0 fully saturated rings. The largest absolute Gasteiger partial charge is 0.750 e. The van der Waals surface area contributed by atoms with E-state index in [1.807, 2.05) is 0 Å². The maximum Gasteiger partial charge on any atom is 0.435 e. The minimum atomic E-state index is -4.72. The van der Waals surface area contributed by atoms with Gasteiger partial charge in [0.15, 0.2) is 11.4 Å². The average Bonchev–Trinajstić information content (AvgIpc) is 3.12. The molecule has 3 atom stereocenters. The molecule has 0 aliphatic heterocycles. The van der Waals surface area contributed by atoms with E-state index < -0.39 is 46.6 Å². The Hall–Kier alpha value is -2.84. The van der Waals surface area contributed by atoms with Gasteiger partial charge in [-0.05, 0) is 50.6 Å². The molecule has 200 valence electrons. The van der Waals surface area contributed by atoms with Gasteiger partial charge in [0.2, 0.25) is 5.91 Å². The van der Waals surface area contributed by atoms with E-state index in [2.05, 4.69) is 14.6 Å². The lowest BCUT2D eigenvalue weighted by atomic mass is 9.96. The molecule has 8 nitrogen and oxygen atoms in total. The number of nitrogens with two attached hydrogens (primary N) is 1. The van der Waals surface area contributed by atoms with Crippen molar-refractivity contribution in [3.63, 3.8) is 0 Å². The quantitative estimate of drug-likeness (QED) is 0.239. The summed E-state index contributed by atoms with van der Waals surface area (Å²) in [7, 11) is 0. The SMILES string of the molecule is Cc1c(C(F)(F)F)nn(-c2cccc(Cl)c2)c1CNC(=O)C(C)c1ccc(C(C)(N)OS(=O)[O-])c(F)c1. The second-order valence-corrected chi connectivity index (χ2v) is 9.39. The summed E-state index contributed by atoms with van der Waals surface area (Å²) in [4.78, 5) is 12.8. The number of nitrogens with one attached hydrogen (secondary N) is 1. The van der Waals surface area contributed by atoms with Crippen molar-refractivity contribution < 1.29 is 35.3 Å². The molecule has 14 heteroatoms. The van der Waals surface area contributed by atoms with Gasteiger partial charge in [-0.3, -0.25) is 14.7 Å². The Morgan fingerprint density at radius 3 is 2.54 bits per heavy atom. The predicted octanol–water partition coefficient (Wildman–Crippen LogP) is 4.35. The zero-order valence-electron chi connectivity index (χ0n) is 19.7. The standard InChI is InChI=1S/C23H23ClF4N4O4S/c1-12(14-7-8-17(18(25)9-14)22(3,29)36-37(34)35)21(33)30-11-19-13(2)20(23(26,27)28)31-32(19)16-6-4-5-15(24)10-16/h4-10,12H,11,29H2,1-3H3,(H,30,33)(H,34,35)/p-1. The second kappa shape index (κ2) is 10.9. The van der Waals surface area contributed by atoms with E-state index in [-0.39, 0.29) is 39.6 Å². The zero-order chi connectivity index (χ0) is 27.7. The molecule has 0 spiro atoms. The lowest BCUT2D eigenvalue weighted by Gasteiger charge is -2.26. The van der Waals surface area contributed by atoms with Crippen LogP contribution in [-0.4, -0.2) is 24.4 Å². The van der Waals surface area contributed by atoms with Gasteiger partial charge in [-0.1, -0.05) is 29.8 Å². The molecular formula is C23H22ClF4N4O4S-. The molecule has 3 N–H and O–H groups in total. The highest BCUT2D eigenvalue weighted by molar-refractivity contribution is 7.74. The maximum atomic E-state index is 14.7. The molecular weight excluding hydrogens is 540 g/mol. The summed E-state index contributed by atoms with van der Waals surface area (Å²) >= 11 is 2.99. The van der Waals surface area contributed by atoms with E-state index in [1.165, 1.54) is 38.1 Å². The molecule has 0 radical (unpaired) electrons. The number of carbonyl (C=O) groups is 1. The Morgan fingerprint density at radius 2 is 1.97 bits per heavy atom. The number of amides is 1. The number of alkyl halides is 3. The van der Waals surface area contributed by atoms with Crippen molar-refractivity contribution in [1.82, 2.24) is 15.1 Å². The van der Waals surface area contributed by atoms with Gasteiger partial charge in [-0.15, -0.1) is 0 Å². The first-order valence-corrected chi connectivity index (χ1v) is 12.1. The Kier molecular flexibility index (Phi) is 8.44. The third-order valence-electron chi connectivity index (χ3n) is 5.66. The monoisotopic (exact) mass is 561 g/mol. The number of carbonyl (C=O) groups excluding carboxylic acids is 1. The fourth-order valence-electron chi connectivity index (χ4n) is 3.69. The first kappa shape index (κ1) is 28.7. The van der Waals surface area contributed by atoms with Crippen molar-refractivity contribution in [3.8, 4) is 5.69 Å². The molecule has 1 aromatic heterocycles. The van der Waals surface area contributed by atoms with Crippen LogP contribution in [0.15, 0.2) is 42.5 Å². The number of rotatable bonds is 8. The van der Waals surface area contributed by atoms with E-state index >= 15 is 0 Å². The zero-order valence-corrected chi connectivity index (χ0v) is 21.3. The number of aromatic nitrogens is 2. The Labute approximate surface area is 217 Å². The van der Waals surface area contributed by atoms with Crippen LogP contribution >= 0.6 is 11.6 Å². The lowest BCUT2D eigenvalue weighted by Crippen LogP contribution is -2.38. The Morgan fingerprint density at radius 1 is 1.30 bits per heavy atom. The van der Waals surface area contributed by atoms with Gasteiger partial charge in [0, 0.05) is 16.1 Å². The van der Waals surface area contributed by atoms with Crippen LogP contribution in [0.1, 0.15) is 47.8 Å². The van der Waals surface area contributed by atoms with Gasteiger partial charge in [-0.25, -0.2) is 13.3 Å². The topological polar surface area (TPSA) is 122 Å². The summed E-state index contributed by atoms with van der Waals surface area (Å²) < 4.78 is 82.5. The van der Waals surface area contributed by atoms with E-state index in [1.54, 1.807) is 12.1 Å². The van der Waals surface area contributed by atoms with E-state index in [9.17, 15) is 31.1 Å². The molecule has 0 aliphatic carbocycles. The van der Waals surface area contributed by atoms with Crippen molar-refractivity contribution in [2.45, 2.75) is 45.1 Å². The summed E-state index contributed by atoms with van der Waals surface area (Å²) in [5, 5.41) is 6.55. The Bertz CT molecular complexity index is 1350. The third kappa shape index (κ3) is 6.54. The minimum absolute atomic E-state index is 0.0818. The van der Waals surface area contributed by atoms with Crippen LogP contribution < -0.4 is 11.1 Å². The molecule has 1 amide bonds. The van der Waals surface area contributed by atoms with Gasteiger partial charge >= 0.3 is 6.18 Å². The van der Waals surface area contributed by atoms with Gasteiger partial charge in [0.1, 0.15) is 5.82 Å². The minimum Gasteiger partial charge on any atom is -0.750 e. The fourth-order valence-corrected chi connectivity index (χ4v) is 4.25. The van der Waals surface area contributed by atoms with Crippen LogP contribution in [0.25, 0.3) is 5.69 Å². The maximum absolute atomic E-state index is 14.7. The third-order valence-corrected chi connectivity index (χ3v) is 6.37. The van der Waals surface area contributed by atoms with Crippen molar-refractivity contribution in [1.29, 1.82) is 0 Å². The number of nitrogens with zero attached hydrogens (tertiary/aromatic N) is 2. The van der Waals surface area contributed by atoms with Crippen LogP contribution in [0.4, 0.5) is 17.6 Å². The second-order valence-electron chi connectivity index (χ2n) is 8.38. The van der Waals surface area contributed by atoms with Gasteiger partial charge in [-0.2, -0.15) is 18.3 Å². The van der Waals surface area contributed by atoms with Crippen molar-refractivity contribution >= 4 is 28.9 Å². The smallest absolute Gasteiger partial charge is 0.435 e. The van der Waals surface area contributed by atoms with Crippen LogP contribution in [0, 0.1) is 12.7 Å². The van der Waals surface area contributed by atoms with Gasteiger partial charge in [0.05, 0.1) is 35.2 Å². The molecule has 0 saturated carbocycles. The van der Waals surface area contributed by atoms with Crippen molar-refractivity contribution in [2.75, 3.05) is 0 Å².